The van der Waals surface area contributed by atoms with Crippen molar-refractivity contribution in [2.75, 3.05) is 12.4 Å². The van der Waals surface area contributed by atoms with Crippen LogP contribution in [0.25, 0.3) is 0 Å². The average molecular weight is 316 g/mol. The molecule has 116 valence electrons. The van der Waals surface area contributed by atoms with Crippen LogP contribution >= 0.6 is 11.6 Å². The van der Waals surface area contributed by atoms with E-state index in [1.54, 1.807) is 0 Å². The Balaban J connectivity index is 0.000000690. The Kier molecular flexibility index (Phi) is 10.8. The Morgan fingerprint density at radius 1 is 1.14 bits per heavy atom. The zero-order valence-electron chi connectivity index (χ0n) is 11.5. The largest absolute Gasteiger partial charge is 0.480 e. The zero-order chi connectivity index (χ0) is 16.1. The number of benzene rings is 1. The first kappa shape index (κ1) is 19.1. The van der Waals surface area contributed by atoms with Crippen molar-refractivity contribution in [2.45, 2.75) is 19.4 Å². The Labute approximate surface area is 127 Å². The smallest absolute Gasteiger partial charge is 0.318 e. The Morgan fingerprint density at radius 2 is 1.71 bits per heavy atom. The summed E-state index contributed by atoms with van der Waals surface area (Å²) >= 11 is 4.74. The molecule has 0 unspecified atom stereocenters. The maximum absolute atomic E-state index is 11.2. The summed E-state index contributed by atoms with van der Waals surface area (Å²) < 4.78 is 4.99. The van der Waals surface area contributed by atoms with E-state index < -0.39 is 5.97 Å². The minimum Gasteiger partial charge on any atom is -0.480 e. The Bertz CT molecular complexity index is 450. The number of hydrogen-bond acceptors (Lipinski definition) is 5. The van der Waals surface area contributed by atoms with Crippen LogP contribution < -0.4 is 5.73 Å². The molecule has 1 aromatic rings. The second kappa shape index (κ2) is 11.9. The number of rotatable bonds is 7. The molecule has 6 nitrogen and oxygen atoms in total. The van der Waals surface area contributed by atoms with Crippen molar-refractivity contribution in [3.05, 3.63) is 35.9 Å². The fourth-order valence-corrected chi connectivity index (χ4v) is 1.15. The van der Waals surface area contributed by atoms with Gasteiger partial charge >= 0.3 is 11.9 Å². The number of esters is 1. The van der Waals surface area contributed by atoms with E-state index in [9.17, 15) is 14.4 Å². The molecule has 0 aromatic heterocycles. The highest BCUT2D eigenvalue weighted by Gasteiger charge is 2.06. The van der Waals surface area contributed by atoms with Gasteiger partial charge < -0.3 is 15.6 Å². The Hall–Kier alpha value is -1.92. The molecule has 0 radical (unpaired) electrons. The third kappa shape index (κ3) is 11.6. The van der Waals surface area contributed by atoms with Gasteiger partial charge in [-0.2, -0.15) is 0 Å². The number of ketones is 1. The third-order valence-corrected chi connectivity index (χ3v) is 2.42. The van der Waals surface area contributed by atoms with Crippen LogP contribution in [0.15, 0.2) is 30.3 Å². The second-order valence-electron chi connectivity index (χ2n) is 3.92. The summed E-state index contributed by atoms with van der Waals surface area (Å²) in [6.07, 6.45) is 0.257. The second-order valence-corrected chi connectivity index (χ2v) is 4.18. The molecule has 0 bridgehead atoms. The van der Waals surface area contributed by atoms with Crippen LogP contribution in [0, 0.1) is 0 Å². The first-order valence-corrected chi connectivity index (χ1v) is 6.72. The van der Waals surface area contributed by atoms with Crippen LogP contribution in [0.3, 0.4) is 0 Å². The first-order valence-electron chi connectivity index (χ1n) is 6.18. The molecule has 0 atom stereocenters. The highest BCUT2D eigenvalue weighted by molar-refractivity contribution is 6.26. The number of carboxylic acids is 1. The van der Waals surface area contributed by atoms with Crippen molar-refractivity contribution in [3.8, 4) is 0 Å². The van der Waals surface area contributed by atoms with Gasteiger partial charge in [-0.3, -0.25) is 14.4 Å². The van der Waals surface area contributed by atoms with Gasteiger partial charge in [0, 0.05) is 6.42 Å². The molecule has 0 heterocycles. The van der Waals surface area contributed by atoms with E-state index in [2.05, 4.69) is 0 Å². The standard InChI is InChI=1S/C12H15NO3.C2H3ClO2/c13-8-11(14)6-7-12(15)16-9-10-4-2-1-3-5-10;3-1-2(4)5/h1-5H,6-9,13H2;1H2,(H,4,5). The summed E-state index contributed by atoms with van der Waals surface area (Å²) in [5.74, 6) is -1.78. The molecule has 1 rings (SSSR count). The summed E-state index contributed by atoms with van der Waals surface area (Å²) in [5, 5.41) is 7.59. The molecule has 0 saturated heterocycles. The maximum atomic E-state index is 11.2. The van der Waals surface area contributed by atoms with E-state index in [4.69, 9.17) is 27.2 Å². The zero-order valence-corrected chi connectivity index (χ0v) is 12.2. The number of hydrogen-bond donors (Lipinski definition) is 2. The van der Waals surface area contributed by atoms with Gasteiger partial charge in [0.05, 0.1) is 13.0 Å². The van der Waals surface area contributed by atoms with Gasteiger partial charge in [0.1, 0.15) is 18.3 Å². The topological polar surface area (TPSA) is 107 Å². The minimum atomic E-state index is -0.980. The molecule has 3 N–H and O–H groups in total. The normalized spacial score (nSPS) is 9.24. The lowest BCUT2D eigenvalue weighted by atomic mass is 10.2. The van der Waals surface area contributed by atoms with E-state index in [0.29, 0.717) is 0 Å². The van der Waals surface area contributed by atoms with Crippen LogP contribution in [0.2, 0.25) is 0 Å². The van der Waals surface area contributed by atoms with Gasteiger partial charge in [0.2, 0.25) is 0 Å². The van der Waals surface area contributed by atoms with E-state index in [1.165, 1.54) is 0 Å². The SMILES string of the molecule is NCC(=O)CCC(=O)OCc1ccccc1.O=C(O)CCl. The van der Waals surface area contributed by atoms with Crippen molar-refractivity contribution in [3.63, 3.8) is 0 Å². The van der Waals surface area contributed by atoms with Crippen molar-refractivity contribution >= 4 is 29.3 Å². The van der Waals surface area contributed by atoms with Crippen LogP contribution in [-0.4, -0.2) is 35.3 Å². The molecule has 21 heavy (non-hydrogen) atoms. The molecule has 0 saturated carbocycles. The van der Waals surface area contributed by atoms with Crippen LogP contribution in [0.1, 0.15) is 18.4 Å². The number of carbonyl (C=O) groups excluding carboxylic acids is 2. The molecule has 7 heteroatoms. The van der Waals surface area contributed by atoms with Crippen LogP contribution in [0.4, 0.5) is 0 Å². The van der Waals surface area contributed by atoms with Crippen molar-refractivity contribution in [1.29, 1.82) is 0 Å². The number of halogens is 1. The molecular weight excluding hydrogens is 298 g/mol. The van der Waals surface area contributed by atoms with Gasteiger partial charge in [-0.05, 0) is 5.56 Å². The minimum absolute atomic E-state index is 0.0219. The number of ether oxygens (including phenoxy) is 1. The molecule has 0 amide bonds. The fraction of sp³-hybridized carbons (Fsp3) is 0.357. The lowest BCUT2D eigenvalue weighted by Crippen LogP contribution is -2.15. The molecule has 0 aliphatic rings. The monoisotopic (exact) mass is 315 g/mol. The molecule has 1 aromatic carbocycles. The summed E-state index contributed by atoms with van der Waals surface area (Å²) in [6.45, 7) is 0.225. The van der Waals surface area contributed by atoms with Crippen molar-refractivity contribution < 1.29 is 24.2 Å². The van der Waals surface area contributed by atoms with Crippen LogP contribution in [-0.2, 0) is 25.7 Å². The predicted molar refractivity (Wildman–Crippen MR) is 77.9 cm³/mol. The fourth-order valence-electron chi connectivity index (χ4n) is 1.15. The van der Waals surface area contributed by atoms with Gasteiger partial charge in [0.15, 0.2) is 0 Å². The number of aliphatic carboxylic acids is 1. The molecular formula is C14H18ClNO5. The summed E-state index contributed by atoms with van der Waals surface area (Å²) in [6, 6.07) is 9.39. The number of Topliss-reactive ketones (excluding diaryl/α,β-unsaturated/α-hetero) is 1. The summed E-state index contributed by atoms with van der Waals surface area (Å²) in [7, 11) is 0. The van der Waals surface area contributed by atoms with E-state index in [1.807, 2.05) is 30.3 Å². The Morgan fingerprint density at radius 3 is 2.19 bits per heavy atom. The van der Waals surface area contributed by atoms with Gasteiger partial charge in [-0.1, -0.05) is 30.3 Å². The van der Waals surface area contributed by atoms with Gasteiger partial charge in [0.25, 0.3) is 0 Å². The highest BCUT2D eigenvalue weighted by atomic mass is 35.5. The molecule has 0 spiro atoms. The van der Waals surface area contributed by atoms with E-state index in [-0.39, 0.29) is 43.6 Å². The average Bonchev–Trinajstić information content (AvgIpc) is 2.52. The third-order valence-electron chi connectivity index (χ3n) is 2.19. The quantitative estimate of drug-likeness (QED) is 0.581. The van der Waals surface area contributed by atoms with E-state index >= 15 is 0 Å². The lowest BCUT2D eigenvalue weighted by Gasteiger charge is -2.04. The first-order chi connectivity index (χ1) is 9.99. The van der Waals surface area contributed by atoms with Gasteiger partial charge in [-0.15, -0.1) is 11.6 Å². The van der Waals surface area contributed by atoms with Crippen LogP contribution in [0.5, 0.6) is 0 Å². The number of alkyl halides is 1. The number of nitrogens with two attached hydrogens (primary N) is 1. The number of carboxylic acid groups (broad SMARTS) is 1. The van der Waals surface area contributed by atoms with Gasteiger partial charge in [-0.25, -0.2) is 0 Å². The highest BCUT2D eigenvalue weighted by Crippen LogP contribution is 2.02. The summed E-state index contributed by atoms with van der Waals surface area (Å²) in [5.41, 5.74) is 6.05. The summed E-state index contributed by atoms with van der Waals surface area (Å²) in [4.78, 5) is 31.3. The maximum Gasteiger partial charge on any atom is 0.318 e. The lowest BCUT2D eigenvalue weighted by molar-refractivity contribution is -0.146. The van der Waals surface area contributed by atoms with E-state index in [0.717, 1.165) is 5.56 Å². The number of carbonyl (C=O) groups is 3. The molecule has 0 aliphatic heterocycles. The molecule has 0 aliphatic carbocycles. The molecule has 0 fully saturated rings. The predicted octanol–water partition coefficient (Wildman–Crippen LogP) is 1.35. The van der Waals surface area contributed by atoms with Crippen molar-refractivity contribution in [1.82, 2.24) is 0 Å². The van der Waals surface area contributed by atoms with Crippen molar-refractivity contribution in [2.24, 2.45) is 5.73 Å².